The van der Waals surface area contributed by atoms with Crippen LogP contribution in [-0.2, 0) is 0 Å². The molecule has 0 aliphatic heterocycles. The molecule has 24 heavy (non-hydrogen) atoms. The van der Waals surface area contributed by atoms with E-state index in [1.165, 1.54) is 30.5 Å². The van der Waals surface area contributed by atoms with Gasteiger partial charge in [-0.15, -0.1) is 0 Å². The van der Waals surface area contributed by atoms with Crippen LogP contribution >= 0.6 is 11.6 Å². The number of ether oxygens (including phenoxy) is 1. The average Bonchev–Trinajstić information content (AvgIpc) is 2.56. The Balaban J connectivity index is 2.19. The van der Waals surface area contributed by atoms with E-state index >= 15 is 0 Å². The van der Waals surface area contributed by atoms with Gasteiger partial charge in [-0.05, 0) is 30.3 Å². The van der Waals surface area contributed by atoms with Gasteiger partial charge in [0.2, 0.25) is 0 Å². The fraction of sp³-hybridized carbons (Fsp3) is 0. The van der Waals surface area contributed by atoms with E-state index in [4.69, 9.17) is 21.6 Å². The Hall–Kier alpha value is -3.44. The lowest BCUT2D eigenvalue weighted by molar-refractivity contribution is -0.387. The van der Waals surface area contributed by atoms with Gasteiger partial charge in [0.15, 0.2) is 0 Å². The van der Waals surface area contributed by atoms with E-state index in [1.807, 2.05) is 6.07 Å². The molecule has 0 aliphatic carbocycles. The number of nitro groups is 1. The molecule has 8 nitrogen and oxygen atoms in total. The third-order valence-electron chi connectivity index (χ3n) is 3.13. The Bertz CT molecular complexity index is 1070. The number of nitrogens with zero attached hydrogens (tertiary/aromatic N) is 4. The Labute approximate surface area is 139 Å². The minimum atomic E-state index is -0.870. The molecule has 3 aromatic rings. The van der Waals surface area contributed by atoms with Gasteiger partial charge in [-0.25, -0.2) is 0 Å². The lowest BCUT2D eigenvalue weighted by atomic mass is 10.2. The summed E-state index contributed by atoms with van der Waals surface area (Å²) in [5, 5.41) is 20.1. The summed E-state index contributed by atoms with van der Waals surface area (Å²) in [4.78, 5) is 26.7. The molecule has 0 unspecified atom stereocenters. The van der Waals surface area contributed by atoms with Gasteiger partial charge in [0, 0.05) is 6.20 Å². The number of aromatic nitrogens is 2. The van der Waals surface area contributed by atoms with Gasteiger partial charge in [0.25, 0.3) is 0 Å². The minimum absolute atomic E-state index is 0.0472. The van der Waals surface area contributed by atoms with Gasteiger partial charge in [-0.3, -0.25) is 19.3 Å². The molecular weight excluding hydrogens is 336 g/mol. The van der Waals surface area contributed by atoms with Gasteiger partial charge in [-0.1, -0.05) is 17.7 Å². The van der Waals surface area contributed by atoms with E-state index < -0.39 is 22.0 Å². The highest BCUT2D eigenvalue weighted by Gasteiger charge is 2.26. The van der Waals surface area contributed by atoms with Gasteiger partial charge in [-0.2, -0.15) is 10.2 Å². The minimum Gasteiger partial charge on any atom is -0.432 e. The first-order valence-electron chi connectivity index (χ1n) is 6.54. The lowest BCUT2D eigenvalue weighted by Gasteiger charge is -2.08. The Morgan fingerprint density at radius 2 is 2.12 bits per heavy atom. The van der Waals surface area contributed by atoms with Crippen molar-refractivity contribution < 1.29 is 9.66 Å². The molecule has 3 rings (SSSR count). The topological polar surface area (TPSA) is 111 Å². The highest BCUT2D eigenvalue weighted by Crippen LogP contribution is 2.32. The predicted molar refractivity (Wildman–Crippen MR) is 84.4 cm³/mol. The number of nitriles is 1. The van der Waals surface area contributed by atoms with Crippen molar-refractivity contribution in [2.24, 2.45) is 0 Å². The molecule has 0 saturated carbocycles. The summed E-state index contributed by atoms with van der Waals surface area (Å²) in [6.07, 6.45) is 1.37. The van der Waals surface area contributed by atoms with Gasteiger partial charge >= 0.3 is 17.1 Å². The molecule has 2 heterocycles. The molecule has 2 aromatic heterocycles. The molecule has 0 N–H and O–H groups in total. The first-order chi connectivity index (χ1) is 11.5. The van der Waals surface area contributed by atoms with Crippen LogP contribution in [0.2, 0.25) is 5.02 Å². The zero-order valence-electron chi connectivity index (χ0n) is 11.8. The zero-order valence-corrected chi connectivity index (χ0v) is 12.6. The molecular formula is C15H7ClN4O4. The average molecular weight is 343 g/mol. The summed E-state index contributed by atoms with van der Waals surface area (Å²) in [5.41, 5.74) is -1.19. The van der Waals surface area contributed by atoms with E-state index in [0.29, 0.717) is 5.56 Å². The zero-order chi connectivity index (χ0) is 17.3. The number of halogens is 1. The summed E-state index contributed by atoms with van der Waals surface area (Å²) >= 11 is 5.99. The SMILES string of the molecule is N#Cc1ccc(Oc2nc3ccccn3c(=O)c2[N+](=O)[O-])c(Cl)c1. The summed E-state index contributed by atoms with van der Waals surface area (Å²) < 4.78 is 6.43. The highest BCUT2D eigenvalue weighted by atomic mass is 35.5. The van der Waals surface area contributed by atoms with Crippen LogP contribution in [0.1, 0.15) is 5.56 Å². The molecule has 9 heteroatoms. The second-order valence-electron chi connectivity index (χ2n) is 4.62. The number of benzene rings is 1. The monoisotopic (exact) mass is 342 g/mol. The highest BCUT2D eigenvalue weighted by molar-refractivity contribution is 6.32. The second kappa shape index (κ2) is 5.98. The van der Waals surface area contributed by atoms with Crippen molar-refractivity contribution in [1.82, 2.24) is 9.38 Å². The molecule has 118 valence electrons. The summed E-state index contributed by atoms with van der Waals surface area (Å²) in [7, 11) is 0. The smallest absolute Gasteiger partial charge is 0.396 e. The van der Waals surface area contributed by atoms with Crippen molar-refractivity contribution in [2.45, 2.75) is 0 Å². The third-order valence-corrected chi connectivity index (χ3v) is 3.42. The van der Waals surface area contributed by atoms with Crippen molar-refractivity contribution in [3.05, 3.63) is 73.6 Å². The van der Waals surface area contributed by atoms with E-state index in [-0.39, 0.29) is 16.4 Å². The van der Waals surface area contributed by atoms with E-state index in [0.717, 1.165) is 4.40 Å². The summed E-state index contributed by atoms with van der Waals surface area (Å²) in [5.74, 6) is -0.422. The molecule has 0 atom stereocenters. The largest absolute Gasteiger partial charge is 0.432 e. The van der Waals surface area contributed by atoms with Gasteiger partial charge in [0.05, 0.1) is 21.6 Å². The van der Waals surface area contributed by atoms with E-state index in [9.17, 15) is 14.9 Å². The summed E-state index contributed by atoms with van der Waals surface area (Å²) in [6, 6.07) is 10.8. The van der Waals surface area contributed by atoms with Crippen LogP contribution in [-0.4, -0.2) is 14.3 Å². The van der Waals surface area contributed by atoms with Crippen LogP contribution in [0.25, 0.3) is 5.65 Å². The number of hydrogen-bond donors (Lipinski definition) is 0. The second-order valence-corrected chi connectivity index (χ2v) is 5.02. The Kier molecular flexibility index (Phi) is 3.85. The summed E-state index contributed by atoms with van der Waals surface area (Å²) in [6.45, 7) is 0. The molecule has 0 bridgehead atoms. The molecule has 0 aliphatic rings. The van der Waals surface area contributed by atoms with Gasteiger partial charge < -0.3 is 4.74 Å². The molecule has 0 amide bonds. The Morgan fingerprint density at radius 3 is 2.79 bits per heavy atom. The van der Waals surface area contributed by atoms with Crippen molar-refractivity contribution in [3.8, 4) is 17.7 Å². The Morgan fingerprint density at radius 1 is 1.33 bits per heavy atom. The first-order valence-corrected chi connectivity index (χ1v) is 6.92. The van der Waals surface area contributed by atoms with Crippen molar-refractivity contribution in [2.75, 3.05) is 0 Å². The van der Waals surface area contributed by atoms with Crippen LogP contribution in [0.5, 0.6) is 11.6 Å². The van der Waals surface area contributed by atoms with Gasteiger partial charge in [0.1, 0.15) is 11.4 Å². The molecule has 1 aromatic carbocycles. The van der Waals surface area contributed by atoms with Crippen molar-refractivity contribution in [1.29, 1.82) is 5.26 Å². The third kappa shape index (κ3) is 2.64. The van der Waals surface area contributed by atoms with Crippen molar-refractivity contribution >= 4 is 22.9 Å². The number of rotatable bonds is 3. The maximum atomic E-state index is 12.3. The van der Waals surface area contributed by atoms with Crippen LogP contribution in [0.4, 0.5) is 5.69 Å². The van der Waals surface area contributed by atoms with Crippen LogP contribution in [0.3, 0.4) is 0 Å². The standard InChI is InChI=1S/C15H7ClN4O4/c16-10-7-9(8-17)4-5-11(10)24-14-13(20(22)23)15(21)19-6-2-1-3-12(19)18-14/h1-7H. The van der Waals surface area contributed by atoms with Crippen LogP contribution < -0.4 is 10.3 Å². The molecule has 0 spiro atoms. The molecule has 0 saturated heterocycles. The quantitative estimate of drug-likeness (QED) is 0.534. The lowest BCUT2D eigenvalue weighted by Crippen LogP contribution is -2.19. The maximum Gasteiger partial charge on any atom is 0.396 e. The van der Waals surface area contributed by atoms with Crippen molar-refractivity contribution in [3.63, 3.8) is 0 Å². The van der Waals surface area contributed by atoms with Crippen LogP contribution in [0.15, 0.2) is 47.4 Å². The number of hydrogen-bond acceptors (Lipinski definition) is 6. The fourth-order valence-electron chi connectivity index (χ4n) is 2.04. The van der Waals surface area contributed by atoms with E-state index in [1.54, 1.807) is 12.1 Å². The molecule has 0 fully saturated rings. The number of pyridine rings is 1. The maximum absolute atomic E-state index is 12.3. The molecule has 0 radical (unpaired) electrons. The van der Waals surface area contributed by atoms with Crippen LogP contribution in [0, 0.1) is 21.4 Å². The fourth-order valence-corrected chi connectivity index (χ4v) is 2.26. The normalized spacial score (nSPS) is 10.3. The number of fused-ring (bicyclic) bond motifs is 1. The van der Waals surface area contributed by atoms with E-state index in [2.05, 4.69) is 4.98 Å². The first kappa shape index (κ1) is 15.5. The predicted octanol–water partition coefficient (Wildman–Crippen LogP) is 2.92.